The average molecular weight is 266 g/mol. The van der Waals surface area contributed by atoms with Gasteiger partial charge in [0.15, 0.2) is 0 Å². The highest BCUT2D eigenvalue weighted by atomic mass is 16.2. The molecule has 4 rings (SSSR count). The summed E-state index contributed by atoms with van der Waals surface area (Å²) >= 11 is 0. The number of hydrogen-bond acceptors (Lipinski definition) is 2. The molecule has 0 saturated heterocycles. The molecule has 3 nitrogen and oxygen atoms in total. The molecule has 0 radical (unpaired) electrons. The monoisotopic (exact) mass is 266 g/mol. The van der Waals surface area contributed by atoms with Gasteiger partial charge in [0.25, 0.3) is 0 Å². The molecule has 1 atom stereocenters. The molecule has 1 spiro atoms. The van der Waals surface area contributed by atoms with Crippen LogP contribution in [0, 0.1) is 5.41 Å². The van der Waals surface area contributed by atoms with Crippen molar-refractivity contribution in [3.05, 3.63) is 52.5 Å². The van der Waals surface area contributed by atoms with E-state index in [1.165, 1.54) is 16.7 Å². The summed E-state index contributed by atoms with van der Waals surface area (Å²) in [6.07, 6.45) is 10.8. The highest BCUT2D eigenvalue weighted by molar-refractivity contribution is 5.93. The van der Waals surface area contributed by atoms with Crippen molar-refractivity contribution >= 4 is 5.91 Å². The first kappa shape index (κ1) is 11.9. The SMILES string of the molecule is CCc1cnc2c(c1)CC1(C2)C(=O)NC2=C1C=CCC2. The number of pyridine rings is 1. The molecule has 1 aliphatic heterocycles. The first-order chi connectivity index (χ1) is 9.73. The van der Waals surface area contributed by atoms with Crippen molar-refractivity contribution in [1.29, 1.82) is 0 Å². The van der Waals surface area contributed by atoms with Crippen LogP contribution in [0.15, 0.2) is 35.7 Å². The van der Waals surface area contributed by atoms with Crippen molar-refractivity contribution in [1.82, 2.24) is 10.3 Å². The second-order valence-electron chi connectivity index (χ2n) is 6.03. The molecule has 0 saturated carbocycles. The Kier molecular flexibility index (Phi) is 2.40. The van der Waals surface area contributed by atoms with E-state index < -0.39 is 0 Å². The Morgan fingerprint density at radius 1 is 1.40 bits per heavy atom. The summed E-state index contributed by atoms with van der Waals surface area (Å²) in [5.74, 6) is 0.171. The van der Waals surface area contributed by atoms with Crippen molar-refractivity contribution in [2.75, 3.05) is 0 Å². The third kappa shape index (κ3) is 1.46. The highest BCUT2D eigenvalue weighted by Crippen LogP contribution is 2.48. The fourth-order valence-electron chi connectivity index (χ4n) is 3.74. The van der Waals surface area contributed by atoms with E-state index in [4.69, 9.17) is 0 Å². The minimum atomic E-state index is -0.381. The summed E-state index contributed by atoms with van der Waals surface area (Å²) in [6.45, 7) is 2.14. The van der Waals surface area contributed by atoms with E-state index >= 15 is 0 Å². The van der Waals surface area contributed by atoms with Gasteiger partial charge in [0, 0.05) is 24.0 Å². The lowest BCUT2D eigenvalue weighted by atomic mass is 9.76. The van der Waals surface area contributed by atoms with Crippen molar-refractivity contribution < 1.29 is 4.79 Å². The topological polar surface area (TPSA) is 42.0 Å². The van der Waals surface area contributed by atoms with Gasteiger partial charge in [-0.15, -0.1) is 0 Å². The summed E-state index contributed by atoms with van der Waals surface area (Å²) in [7, 11) is 0. The summed E-state index contributed by atoms with van der Waals surface area (Å²) in [4.78, 5) is 17.2. The van der Waals surface area contributed by atoms with Crippen molar-refractivity contribution in [2.45, 2.75) is 39.0 Å². The summed E-state index contributed by atoms with van der Waals surface area (Å²) in [6, 6.07) is 2.23. The third-order valence-electron chi connectivity index (χ3n) is 4.87. The number of hydrogen-bond donors (Lipinski definition) is 1. The van der Waals surface area contributed by atoms with Gasteiger partial charge in [0.05, 0.1) is 5.41 Å². The molecule has 0 fully saturated rings. The van der Waals surface area contributed by atoms with Crippen LogP contribution in [0.25, 0.3) is 0 Å². The number of aryl methyl sites for hydroxylation is 1. The van der Waals surface area contributed by atoms with E-state index in [-0.39, 0.29) is 11.3 Å². The fraction of sp³-hybridized carbons (Fsp3) is 0.412. The number of allylic oxidation sites excluding steroid dienone is 3. The molecular formula is C17H18N2O. The van der Waals surface area contributed by atoms with E-state index in [2.05, 4.69) is 35.4 Å². The van der Waals surface area contributed by atoms with Gasteiger partial charge in [0.1, 0.15) is 0 Å². The number of nitrogens with zero attached hydrogens (tertiary/aromatic N) is 1. The van der Waals surface area contributed by atoms with E-state index in [0.29, 0.717) is 0 Å². The van der Waals surface area contributed by atoms with Crippen LogP contribution in [0.2, 0.25) is 0 Å². The van der Waals surface area contributed by atoms with Crippen LogP contribution in [0.4, 0.5) is 0 Å². The molecule has 2 aliphatic carbocycles. The number of aromatic nitrogens is 1. The van der Waals surface area contributed by atoms with Crippen LogP contribution in [-0.4, -0.2) is 10.9 Å². The van der Waals surface area contributed by atoms with Crippen molar-refractivity contribution in [3.63, 3.8) is 0 Å². The minimum absolute atomic E-state index is 0.171. The zero-order valence-corrected chi connectivity index (χ0v) is 11.7. The van der Waals surface area contributed by atoms with Gasteiger partial charge >= 0.3 is 0 Å². The maximum Gasteiger partial charge on any atom is 0.235 e. The van der Waals surface area contributed by atoms with Gasteiger partial charge in [-0.3, -0.25) is 9.78 Å². The molecule has 3 aliphatic rings. The molecule has 1 N–H and O–H groups in total. The van der Waals surface area contributed by atoms with Gasteiger partial charge in [-0.2, -0.15) is 0 Å². The predicted molar refractivity (Wildman–Crippen MR) is 77.0 cm³/mol. The standard InChI is InChI=1S/C17H18N2O/c1-2-11-7-12-8-17(9-15(12)18-10-11)13-5-3-4-6-14(13)19-16(17)20/h3,5,7,10H,2,4,6,8-9H2,1H3,(H,19,20). The Bertz CT molecular complexity index is 672. The molecular weight excluding hydrogens is 248 g/mol. The summed E-state index contributed by atoms with van der Waals surface area (Å²) in [5.41, 5.74) is 5.59. The lowest BCUT2D eigenvalue weighted by molar-refractivity contribution is -0.126. The Morgan fingerprint density at radius 2 is 2.30 bits per heavy atom. The quantitative estimate of drug-likeness (QED) is 0.848. The smallest absolute Gasteiger partial charge is 0.235 e. The van der Waals surface area contributed by atoms with E-state index in [9.17, 15) is 4.79 Å². The normalized spacial score (nSPS) is 26.9. The molecule has 1 aromatic heterocycles. The molecule has 2 heterocycles. The average Bonchev–Trinajstić information content (AvgIpc) is 2.98. The summed E-state index contributed by atoms with van der Waals surface area (Å²) < 4.78 is 0. The van der Waals surface area contributed by atoms with Crippen LogP contribution in [0.3, 0.4) is 0 Å². The molecule has 0 bridgehead atoms. The largest absolute Gasteiger partial charge is 0.329 e. The van der Waals surface area contributed by atoms with Crippen LogP contribution >= 0.6 is 0 Å². The molecule has 1 amide bonds. The lowest BCUT2D eigenvalue weighted by Gasteiger charge is -2.22. The van der Waals surface area contributed by atoms with E-state index in [1.54, 1.807) is 0 Å². The second kappa shape index (κ2) is 4.05. The van der Waals surface area contributed by atoms with Gasteiger partial charge in [-0.25, -0.2) is 0 Å². The molecule has 1 aromatic rings. The zero-order chi connectivity index (χ0) is 13.7. The first-order valence-corrected chi connectivity index (χ1v) is 7.41. The number of carbonyl (C=O) groups excluding carboxylic acids is 1. The number of carbonyl (C=O) groups is 1. The fourth-order valence-corrected chi connectivity index (χ4v) is 3.74. The van der Waals surface area contributed by atoms with Gasteiger partial charge < -0.3 is 5.32 Å². The first-order valence-electron chi connectivity index (χ1n) is 7.41. The Hall–Kier alpha value is -1.90. The molecule has 20 heavy (non-hydrogen) atoms. The minimum Gasteiger partial charge on any atom is -0.329 e. The number of rotatable bonds is 1. The Balaban J connectivity index is 1.79. The summed E-state index contributed by atoms with van der Waals surface area (Å²) in [5, 5.41) is 3.11. The Labute approximate surface area is 118 Å². The maximum absolute atomic E-state index is 12.6. The van der Waals surface area contributed by atoms with Crippen LogP contribution in [0.1, 0.15) is 36.6 Å². The number of fused-ring (bicyclic) bond motifs is 2. The molecule has 3 heteroatoms. The number of amides is 1. The van der Waals surface area contributed by atoms with E-state index in [1.807, 2.05) is 6.20 Å². The number of nitrogens with one attached hydrogen (secondary N) is 1. The zero-order valence-electron chi connectivity index (χ0n) is 11.7. The predicted octanol–water partition coefficient (Wildman–Crippen LogP) is 2.46. The molecule has 0 aromatic carbocycles. The van der Waals surface area contributed by atoms with Gasteiger partial charge in [0.2, 0.25) is 5.91 Å². The molecule has 102 valence electrons. The Morgan fingerprint density at radius 3 is 3.15 bits per heavy atom. The third-order valence-corrected chi connectivity index (χ3v) is 4.87. The van der Waals surface area contributed by atoms with Crippen molar-refractivity contribution in [3.8, 4) is 0 Å². The van der Waals surface area contributed by atoms with Crippen LogP contribution in [0.5, 0.6) is 0 Å². The maximum atomic E-state index is 12.6. The second-order valence-corrected chi connectivity index (χ2v) is 6.03. The molecule has 1 unspecified atom stereocenters. The van der Waals surface area contributed by atoms with Crippen LogP contribution < -0.4 is 5.32 Å². The van der Waals surface area contributed by atoms with E-state index in [0.717, 1.165) is 43.5 Å². The van der Waals surface area contributed by atoms with Gasteiger partial charge in [-0.05, 0) is 42.4 Å². The lowest BCUT2D eigenvalue weighted by Crippen LogP contribution is -2.34. The van der Waals surface area contributed by atoms with Crippen molar-refractivity contribution in [2.24, 2.45) is 5.41 Å². The van der Waals surface area contributed by atoms with Gasteiger partial charge in [-0.1, -0.05) is 25.1 Å². The van der Waals surface area contributed by atoms with Crippen LogP contribution in [-0.2, 0) is 24.1 Å². The highest BCUT2D eigenvalue weighted by Gasteiger charge is 2.51.